The van der Waals surface area contributed by atoms with E-state index in [0.29, 0.717) is 11.6 Å². The summed E-state index contributed by atoms with van der Waals surface area (Å²) in [6, 6.07) is 15.3. The van der Waals surface area contributed by atoms with E-state index in [0.717, 1.165) is 10.3 Å². The normalized spacial score (nSPS) is 12.1. The molecule has 0 radical (unpaired) electrons. The standard InChI is InChI=1S/C17H21N3O2S/c1-19(2)15(14-8-4-3-5-9-14)12-18-16(21)13-23-17-10-6-7-11-20(17)22/h3-11,15H,12-13H2,1-2H3,(H,18,21)/t15-/m1/s1. The molecule has 0 saturated carbocycles. The molecule has 1 N–H and O–H groups in total. The zero-order valence-electron chi connectivity index (χ0n) is 13.3. The summed E-state index contributed by atoms with van der Waals surface area (Å²) >= 11 is 1.24. The summed E-state index contributed by atoms with van der Waals surface area (Å²) in [4.78, 5) is 14.1. The minimum Gasteiger partial charge on any atom is -0.618 e. The van der Waals surface area contributed by atoms with Crippen molar-refractivity contribution in [1.82, 2.24) is 10.2 Å². The number of amides is 1. The molecule has 0 bridgehead atoms. The number of carbonyl (C=O) groups excluding carboxylic acids is 1. The van der Waals surface area contributed by atoms with Crippen LogP contribution >= 0.6 is 11.8 Å². The maximum Gasteiger partial charge on any atom is 0.251 e. The van der Waals surface area contributed by atoms with Crippen LogP contribution in [0.25, 0.3) is 0 Å². The van der Waals surface area contributed by atoms with E-state index in [4.69, 9.17) is 0 Å². The molecule has 0 fully saturated rings. The molecule has 0 aliphatic rings. The summed E-state index contributed by atoms with van der Waals surface area (Å²) in [5, 5.41) is 15.0. The van der Waals surface area contributed by atoms with Gasteiger partial charge < -0.3 is 15.4 Å². The lowest BCUT2D eigenvalue weighted by Crippen LogP contribution is -2.36. The molecule has 0 spiro atoms. The summed E-state index contributed by atoms with van der Waals surface area (Å²) in [7, 11) is 3.98. The summed E-state index contributed by atoms with van der Waals surface area (Å²) in [6.45, 7) is 0.530. The molecule has 5 nitrogen and oxygen atoms in total. The highest BCUT2D eigenvalue weighted by molar-refractivity contribution is 7.99. The zero-order valence-corrected chi connectivity index (χ0v) is 14.1. The van der Waals surface area contributed by atoms with Crippen LogP contribution < -0.4 is 10.0 Å². The van der Waals surface area contributed by atoms with E-state index in [1.807, 2.05) is 32.3 Å². The van der Waals surface area contributed by atoms with Crippen molar-refractivity contribution in [2.45, 2.75) is 11.1 Å². The van der Waals surface area contributed by atoms with Gasteiger partial charge in [-0.3, -0.25) is 4.79 Å². The van der Waals surface area contributed by atoms with E-state index in [1.165, 1.54) is 18.0 Å². The van der Waals surface area contributed by atoms with Gasteiger partial charge in [0.05, 0.1) is 11.8 Å². The molecule has 1 aromatic carbocycles. The second kappa shape index (κ2) is 8.55. The Hall–Kier alpha value is -2.05. The first-order valence-corrected chi connectivity index (χ1v) is 8.35. The quantitative estimate of drug-likeness (QED) is 0.478. The number of pyridine rings is 1. The highest BCUT2D eigenvalue weighted by atomic mass is 32.2. The van der Waals surface area contributed by atoms with Gasteiger partial charge in [0, 0.05) is 18.7 Å². The highest BCUT2D eigenvalue weighted by Crippen LogP contribution is 2.17. The van der Waals surface area contributed by atoms with Crippen LogP contribution in [-0.2, 0) is 4.79 Å². The molecule has 122 valence electrons. The topological polar surface area (TPSA) is 59.3 Å². The minimum absolute atomic E-state index is 0.0818. The predicted molar refractivity (Wildman–Crippen MR) is 92.0 cm³/mol. The fourth-order valence-electron chi connectivity index (χ4n) is 2.20. The predicted octanol–water partition coefficient (Wildman–Crippen LogP) is 1.83. The lowest BCUT2D eigenvalue weighted by atomic mass is 10.1. The summed E-state index contributed by atoms with van der Waals surface area (Å²) in [5.74, 6) is 0.142. The van der Waals surface area contributed by atoms with Crippen molar-refractivity contribution < 1.29 is 9.52 Å². The number of hydrogen-bond donors (Lipinski definition) is 1. The SMILES string of the molecule is CN(C)[C@H](CNC(=O)CSc1cccc[n+]1[O-])c1ccccc1. The second-order valence-corrected chi connectivity index (χ2v) is 6.34. The Labute approximate surface area is 140 Å². The van der Waals surface area contributed by atoms with E-state index >= 15 is 0 Å². The maximum atomic E-state index is 12.0. The third-order valence-electron chi connectivity index (χ3n) is 3.44. The van der Waals surface area contributed by atoms with Crippen LogP contribution in [0.5, 0.6) is 0 Å². The molecular weight excluding hydrogens is 310 g/mol. The molecule has 1 amide bonds. The molecule has 1 aromatic heterocycles. The highest BCUT2D eigenvalue weighted by Gasteiger charge is 2.15. The fourth-order valence-corrected chi connectivity index (χ4v) is 2.94. The molecular formula is C17H21N3O2S. The molecule has 0 aliphatic heterocycles. The molecule has 23 heavy (non-hydrogen) atoms. The molecule has 0 saturated heterocycles. The molecule has 1 atom stereocenters. The number of hydrogen-bond acceptors (Lipinski definition) is 4. The van der Waals surface area contributed by atoms with Crippen molar-refractivity contribution in [3.8, 4) is 0 Å². The molecule has 1 heterocycles. The number of thioether (sulfide) groups is 1. The van der Waals surface area contributed by atoms with Gasteiger partial charge in [0.2, 0.25) is 5.91 Å². The van der Waals surface area contributed by atoms with Gasteiger partial charge in [-0.1, -0.05) is 30.3 Å². The summed E-state index contributed by atoms with van der Waals surface area (Å²) in [6.07, 6.45) is 1.43. The summed E-state index contributed by atoms with van der Waals surface area (Å²) in [5.41, 5.74) is 1.16. The Morgan fingerprint density at radius 2 is 1.91 bits per heavy atom. The van der Waals surface area contributed by atoms with E-state index in [2.05, 4.69) is 22.3 Å². The van der Waals surface area contributed by atoms with Gasteiger partial charge in [-0.05, 0) is 37.5 Å². The van der Waals surface area contributed by atoms with E-state index in [9.17, 15) is 10.0 Å². The average molecular weight is 331 g/mol. The fraction of sp³-hybridized carbons (Fsp3) is 0.294. The smallest absolute Gasteiger partial charge is 0.251 e. The lowest BCUT2D eigenvalue weighted by Gasteiger charge is -2.25. The van der Waals surface area contributed by atoms with Crippen molar-refractivity contribution in [3.05, 3.63) is 65.5 Å². The summed E-state index contributed by atoms with van der Waals surface area (Å²) < 4.78 is 0.768. The van der Waals surface area contributed by atoms with E-state index in [-0.39, 0.29) is 17.7 Å². The van der Waals surface area contributed by atoms with Crippen LogP contribution in [0, 0.1) is 5.21 Å². The van der Waals surface area contributed by atoms with Crippen LogP contribution in [0.1, 0.15) is 11.6 Å². The Morgan fingerprint density at radius 3 is 2.57 bits per heavy atom. The van der Waals surface area contributed by atoms with Gasteiger partial charge in [0.25, 0.3) is 5.03 Å². The van der Waals surface area contributed by atoms with Crippen LogP contribution in [0.2, 0.25) is 0 Å². The number of benzene rings is 1. The van der Waals surface area contributed by atoms with Crippen LogP contribution in [0.4, 0.5) is 0 Å². The second-order valence-electron chi connectivity index (χ2n) is 5.35. The average Bonchev–Trinajstić information content (AvgIpc) is 2.55. The van der Waals surface area contributed by atoms with Gasteiger partial charge in [-0.15, -0.1) is 0 Å². The van der Waals surface area contributed by atoms with Crippen LogP contribution in [0.15, 0.2) is 59.8 Å². The first-order chi connectivity index (χ1) is 11.1. The zero-order chi connectivity index (χ0) is 16.7. The van der Waals surface area contributed by atoms with Crippen molar-refractivity contribution in [1.29, 1.82) is 0 Å². The Kier molecular flexibility index (Phi) is 6.43. The number of rotatable bonds is 7. The number of carbonyl (C=O) groups is 1. The Bertz CT molecular complexity index is 635. The first-order valence-electron chi connectivity index (χ1n) is 7.37. The van der Waals surface area contributed by atoms with Crippen molar-refractivity contribution in [3.63, 3.8) is 0 Å². The van der Waals surface area contributed by atoms with Gasteiger partial charge in [-0.2, -0.15) is 4.73 Å². The lowest BCUT2D eigenvalue weighted by molar-refractivity contribution is -0.645. The van der Waals surface area contributed by atoms with Crippen LogP contribution in [0.3, 0.4) is 0 Å². The van der Waals surface area contributed by atoms with E-state index < -0.39 is 0 Å². The minimum atomic E-state index is -0.0818. The third-order valence-corrected chi connectivity index (χ3v) is 4.46. The van der Waals surface area contributed by atoms with Gasteiger partial charge >= 0.3 is 0 Å². The largest absolute Gasteiger partial charge is 0.618 e. The van der Waals surface area contributed by atoms with Crippen molar-refractivity contribution >= 4 is 17.7 Å². The third kappa shape index (κ3) is 5.26. The molecule has 2 rings (SSSR count). The number of aromatic nitrogens is 1. The Morgan fingerprint density at radius 1 is 1.22 bits per heavy atom. The number of nitrogens with zero attached hydrogens (tertiary/aromatic N) is 2. The monoisotopic (exact) mass is 331 g/mol. The number of nitrogens with one attached hydrogen (secondary N) is 1. The molecule has 0 unspecified atom stereocenters. The number of likely N-dealkylation sites (N-methyl/N-ethyl adjacent to an activating group) is 1. The van der Waals surface area contributed by atoms with Gasteiger partial charge in [-0.25, -0.2) is 0 Å². The van der Waals surface area contributed by atoms with Crippen molar-refractivity contribution in [2.75, 3.05) is 26.4 Å². The van der Waals surface area contributed by atoms with Crippen LogP contribution in [-0.4, -0.2) is 37.2 Å². The molecule has 0 aliphatic carbocycles. The van der Waals surface area contributed by atoms with Crippen molar-refractivity contribution in [2.24, 2.45) is 0 Å². The molecule has 2 aromatic rings. The van der Waals surface area contributed by atoms with E-state index in [1.54, 1.807) is 18.2 Å². The van der Waals surface area contributed by atoms with Gasteiger partial charge in [0.15, 0.2) is 6.20 Å². The first kappa shape index (κ1) is 17.3. The Balaban J connectivity index is 1.86. The molecule has 6 heteroatoms. The maximum absolute atomic E-state index is 12.0. The van der Waals surface area contributed by atoms with Gasteiger partial charge in [0.1, 0.15) is 0 Å².